The normalized spacial score (nSPS) is 11.5. The molecule has 0 unspecified atom stereocenters. The molecule has 32 heavy (non-hydrogen) atoms. The molecule has 12 heteroatoms. The minimum absolute atomic E-state index is 0.105. The van der Waals surface area contributed by atoms with E-state index in [0.29, 0.717) is 4.52 Å². The summed E-state index contributed by atoms with van der Waals surface area (Å²) in [6, 6.07) is 9.46. The molecule has 0 bridgehead atoms. The zero-order valence-electron chi connectivity index (χ0n) is 16.4. The number of carbonyl (C=O) groups is 2. The van der Waals surface area contributed by atoms with Crippen molar-refractivity contribution >= 4 is 23.3 Å². The second-order valence-corrected chi connectivity index (χ2v) is 6.40. The molecule has 0 atom stereocenters. The molecule has 4 rings (SSSR count). The van der Waals surface area contributed by atoms with Gasteiger partial charge in [0.25, 0.3) is 11.7 Å². The molecule has 0 aliphatic rings. The van der Waals surface area contributed by atoms with Crippen LogP contribution in [-0.2, 0) is 10.9 Å². The van der Waals surface area contributed by atoms with Crippen molar-refractivity contribution in [1.29, 1.82) is 0 Å². The van der Waals surface area contributed by atoms with Crippen molar-refractivity contribution in [1.82, 2.24) is 19.6 Å². The predicted octanol–water partition coefficient (Wildman–Crippen LogP) is 3.83. The van der Waals surface area contributed by atoms with Crippen LogP contribution in [0.15, 0.2) is 53.1 Å². The van der Waals surface area contributed by atoms with Crippen molar-refractivity contribution in [3.63, 3.8) is 0 Å². The van der Waals surface area contributed by atoms with Crippen LogP contribution in [0.1, 0.15) is 33.6 Å². The Morgan fingerprint density at radius 1 is 1.16 bits per heavy atom. The van der Waals surface area contributed by atoms with Crippen molar-refractivity contribution < 1.29 is 31.9 Å². The molecule has 4 aromatic rings. The van der Waals surface area contributed by atoms with Crippen molar-refractivity contribution in [3.8, 4) is 11.5 Å². The van der Waals surface area contributed by atoms with Gasteiger partial charge in [-0.15, -0.1) is 5.10 Å². The highest BCUT2D eigenvalue weighted by Gasteiger charge is 2.36. The van der Waals surface area contributed by atoms with E-state index in [-0.39, 0.29) is 29.3 Å². The maximum Gasteiger partial charge on any atom is 0.433 e. The minimum atomic E-state index is -4.78. The largest absolute Gasteiger partial charge is 0.463 e. The predicted molar refractivity (Wildman–Crippen MR) is 104 cm³/mol. The second kappa shape index (κ2) is 8.13. The van der Waals surface area contributed by atoms with Gasteiger partial charge in [-0.1, -0.05) is 0 Å². The number of alkyl halides is 3. The number of fused-ring (bicyclic) bond motifs is 1. The second-order valence-electron chi connectivity index (χ2n) is 6.40. The van der Waals surface area contributed by atoms with Crippen LogP contribution in [0, 0.1) is 0 Å². The van der Waals surface area contributed by atoms with E-state index in [0.717, 1.165) is 6.07 Å². The first-order chi connectivity index (χ1) is 15.3. The summed E-state index contributed by atoms with van der Waals surface area (Å²) in [6.45, 7) is 1.89. The topological polar surface area (TPSA) is 112 Å². The Bertz CT molecular complexity index is 1280. The molecule has 0 saturated carbocycles. The quantitative estimate of drug-likeness (QED) is 0.465. The van der Waals surface area contributed by atoms with Crippen LogP contribution in [0.3, 0.4) is 0 Å². The number of aromatic nitrogens is 4. The van der Waals surface area contributed by atoms with E-state index in [4.69, 9.17) is 9.15 Å². The van der Waals surface area contributed by atoms with Crippen LogP contribution in [0.2, 0.25) is 0 Å². The average Bonchev–Trinajstić information content (AvgIpc) is 3.43. The number of ether oxygens (including phenoxy) is 1. The van der Waals surface area contributed by atoms with Gasteiger partial charge in [0.2, 0.25) is 5.82 Å². The van der Waals surface area contributed by atoms with Gasteiger partial charge in [0, 0.05) is 5.69 Å². The van der Waals surface area contributed by atoms with Crippen LogP contribution in [0.5, 0.6) is 0 Å². The van der Waals surface area contributed by atoms with E-state index in [9.17, 15) is 22.8 Å². The molecule has 3 heterocycles. The zero-order valence-corrected chi connectivity index (χ0v) is 16.4. The minimum Gasteiger partial charge on any atom is -0.463 e. The zero-order chi connectivity index (χ0) is 22.9. The molecule has 0 saturated heterocycles. The molecular weight excluding hydrogens is 431 g/mol. The van der Waals surface area contributed by atoms with E-state index >= 15 is 0 Å². The van der Waals surface area contributed by atoms with Gasteiger partial charge < -0.3 is 14.5 Å². The number of amides is 1. The Morgan fingerprint density at radius 2 is 1.91 bits per heavy atom. The molecule has 1 N–H and O–H groups in total. The SMILES string of the molecule is CCOC(=O)c1ccc(NC(=O)c2nc3nc(-c4ccco4)cc(C(F)(F)F)n3n2)cc1. The highest BCUT2D eigenvalue weighted by atomic mass is 19.4. The first-order valence-corrected chi connectivity index (χ1v) is 9.23. The van der Waals surface area contributed by atoms with Gasteiger partial charge in [0.15, 0.2) is 11.5 Å². The number of hydrogen-bond acceptors (Lipinski definition) is 7. The number of benzene rings is 1. The van der Waals surface area contributed by atoms with Gasteiger partial charge in [-0.05, 0) is 49.4 Å². The van der Waals surface area contributed by atoms with Crippen LogP contribution in [0.4, 0.5) is 18.9 Å². The maximum atomic E-state index is 13.6. The number of halogens is 3. The molecular formula is C20H14F3N5O4. The van der Waals surface area contributed by atoms with Crippen LogP contribution < -0.4 is 5.32 Å². The lowest BCUT2D eigenvalue weighted by Gasteiger charge is -2.09. The third-order valence-electron chi connectivity index (χ3n) is 4.23. The van der Waals surface area contributed by atoms with Crippen LogP contribution >= 0.6 is 0 Å². The number of furan rings is 1. The van der Waals surface area contributed by atoms with Gasteiger partial charge in [0.05, 0.1) is 18.4 Å². The number of anilines is 1. The first kappa shape index (κ1) is 21.0. The molecule has 1 amide bonds. The monoisotopic (exact) mass is 445 g/mol. The highest BCUT2D eigenvalue weighted by Crippen LogP contribution is 2.32. The number of hydrogen-bond donors (Lipinski definition) is 1. The van der Waals surface area contributed by atoms with Crippen molar-refractivity contribution in [2.24, 2.45) is 0 Å². The Kier molecular flexibility index (Phi) is 5.34. The fourth-order valence-corrected chi connectivity index (χ4v) is 2.81. The summed E-state index contributed by atoms with van der Waals surface area (Å²) in [5, 5.41) is 6.13. The van der Waals surface area contributed by atoms with Gasteiger partial charge in [-0.25, -0.2) is 9.78 Å². The van der Waals surface area contributed by atoms with E-state index in [1.54, 1.807) is 6.92 Å². The molecule has 0 fully saturated rings. The summed E-state index contributed by atoms with van der Waals surface area (Å²) in [7, 11) is 0. The number of esters is 1. The van der Waals surface area contributed by atoms with Crippen molar-refractivity contribution in [2.45, 2.75) is 13.1 Å². The third-order valence-corrected chi connectivity index (χ3v) is 4.23. The van der Waals surface area contributed by atoms with Gasteiger partial charge in [-0.2, -0.15) is 22.7 Å². The fourth-order valence-electron chi connectivity index (χ4n) is 2.81. The molecule has 3 aromatic heterocycles. The fraction of sp³-hybridized carbons (Fsp3) is 0.150. The molecule has 1 aromatic carbocycles. The number of carbonyl (C=O) groups excluding carboxylic acids is 2. The molecule has 0 radical (unpaired) electrons. The molecule has 164 valence electrons. The van der Waals surface area contributed by atoms with E-state index in [2.05, 4.69) is 20.4 Å². The summed E-state index contributed by atoms with van der Waals surface area (Å²) >= 11 is 0. The van der Waals surface area contributed by atoms with E-state index in [1.165, 1.54) is 42.7 Å². The average molecular weight is 445 g/mol. The molecule has 9 nitrogen and oxygen atoms in total. The number of nitrogens with zero attached hydrogens (tertiary/aromatic N) is 4. The summed E-state index contributed by atoms with van der Waals surface area (Å²) in [6.07, 6.45) is -3.49. The third kappa shape index (κ3) is 4.15. The van der Waals surface area contributed by atoms with Gasteiger partial charge in [0.1, 0.15) is 5.69 Å². The highest BCUT2D eigenvalue weighted by molar-refractivity contribution is 6.02. The Labute approximate surface area is 177 Å². The Morgan fingerprint density at radius 3 is 2.53 bits per heavy atom. The molecule has 0 aliphatic carbocycles. The van der Waals surface area contributed by atoms with E-state index in [1.807, 2.05) is 0 Å². The smallest absolute Gasteiger partial charge is 0.433 e. The van der Waals surface area contributed by atoms with Crippen molar-refractivity contribution in [3.05, 3.63) is 65.8 Å². The van der Waals surface area contributed by atoms with Crippen LogP contribution in [0.25, 0.3) is 17.2 Å². The Hall–Kier alpha value is -4.22. The Balaban J connectivity index is 1.64. The summed E-state index contributed by atoms with van der Waals surface area (Å²) < 4.78 is 51.1. The van der Waals surface area contributed by atoms with Gasteiger partial charge in [-0.3, -0.25) is 4.79 Å². The van der Waals surface area contributed by atoms with Gasteiger partial charge >= 0.3 is 12.1 Å². The standard InChI is InChI=1S/C20H14F3N5O4/c1-2-31-18(30)11-5-7-12(8-6-11)24-17(29)16-26-19-25-13(14-4-3-9-32-14)10-15(20(21,22)23)28(19)27-16/h3-10H,2H2,1H3,(H,24,29). The number of nitrogens with one attached hydrogen (secondary N) is 1. The summed E-state index contributed by atoms with van der Waals surface area (Å²) in [5.74, 6) is -2.21. The molecule has 0 spiro atoms. The van der Waals surface area contributed by atoms with Crippen molar-refractivity contribution in [2.75, 3.05) is 11.9 Å². The maximum absolute atomic E-state index is 13.6. The molecule has 0 aliphatic heterocycles. The van der Waals surface area contributed by atoms with Crippen LogP contribution in [-0.4, -0.2) is 38.1 Å². The summed E-state index contributed by atoms with van der Waals surface area (Å²) in [4.78, 5) is 32.0. The lowest BCUT2D eigenvalue weighted by atomic mass is 10.2. The van der Waals surface area contributed by atoms with E-state index < -0.39 is 35.3 Å². The number of rotatable bonds is 5. The lowest BCUT2D eigenvalue weighted by Crippen LogP contribution is -2.16. The lowest BCUT2D eigenvalue weighted by molar-refractivity contribution is -0.142. The first-order valence-electron chi connectivity index (χ1n) is 9.23. The summed E-state index contributed by atoms with van der Waals surface area (Å²) in [5.41, 5.74) is -0.717.